The number of carbonyl (C=O) groups is 1. The molecule has 0 aliphatic carbocycles. The van der Waals surface area contributed by atoms with Crippen molar-refractivity contribution in [1.29, 1.82) is 0 Å². The zero-order valence-electron chi connectivity index (χ0n) is 26.7. The highest BCUT2D eigenvalue weighted by Crippen LogP contribution is 2.32. The van der Waals surface area contributed by atoms with E-state index in [4.69, 9.17) is 5.73 Å². The van der Waals surface area contributed by atoms with Crippen LogP contribution < -0.4 is 16.4 Å². The smallest absolute Gasteiger partial charge is 0.238 e. The Kier molecular flexibility index (Phi) is 9.27. The summed E-state index contributed by atoms with van der Waals surface area (Å²) in [4.78, 5) is 29.4. The number of benzene rings is 2. The molecule has 46 heavy (non-hydrogen) atoms. The van der Waals surface area contributed by atoms with Crippen LogP contribution in [0, 0.1) is 0 Å². The number of sulfone groups is 1. The van der Waals surface area contributed by atoms with Crippen molar-refractivity contribution in [3.8, 4) is 5.69 Å². The molecular formula is C33H43N9O3S. The highest BCUT2D eigenvalue weighted by atomic mass is 32.2. The minimum absolute atomic E-state index is 0.0472. The summed E-state index contributed by atoms with van der Waals surface area (Å²) in [6.07, 6.45) is 4.03. The molecule has 12 nitrogen and oxygen atoms in total. The summed E-state index contributed by atoms with van der Waals surface area (Å²) in [5.41, 5.74) is 9.13. The first kappa shape index (κ1) is 31.9. The fraction of sp³-hybridized carbons (Fsp3) is 0.424. The number of nitrogens with two attached hydrogens (primary N) is 1. The van der Waals surface area contributed by atoms with Crippen molar-refractivity contribution in [3.63, 3.8) is 0 Å². The van der Waals surface area contributed by atoms with Gasteiger partial charge in [0.25, 0.3) is 0 Å². The van der Waals surface area contributed by atoms with E-state index in [1.54, 1.807) is 38.1 Å². The normalized spacial score (nSPS) is 17.5. The topological polar surface area (TPSA) is 142 Å². The number of aromatic nitrogens is 3. The third-order valence-corrected chi connectivity index (χ3v) is 11.2. The lowest BCUT2D eigenvalue weighted by atomic mass is 10.0. The predicted molar refractivity (Wildman–Crippen MR) is 182 cm³/mol. The van der Waals surface area contributed by atoms with Gasteiger partial charge in [-0.05, 0) is 70.1 Å². The van der Waals surface area contributed by atoms with Crippen molar-refractivity contribution in [3.05, 3.63) is 60.8 Å². The molecule has 4 heterocycles. The summed E-state index contributed by atoms with van der Waals surface area (Å²) in [7, 11) is -1.39. The lowest BCUT2D eigenvalue weighted by Gasteiger charge is -2.41. The van der Waals surface area contributed by atoms with Crippen LogP contribution in [0.3, 0.4) is 0 Å². The summed E-state index contributed by atoms with van der Waals surface area (Å²) >= 11 is 0. The Bertz CT molecular complexity index is 1810. The number of fused-ring (bicyclic) bond motifs is 1. The monoisotopic (exact) mass is 645 g/mol. The molecule has 2 fully saturated rings. The molecule has 2 aliphatic rings. The van der Waals surface area contributed by atoms with E-state index < -0.39 is 15.1 Å². The minimum atomic E-state index is -3.57. The van der Waals surface area contributed by atoms with Crippen molar-refractivity contribution < 1.29 is 13.2 Å². The van der Waals surface area contributed by atoms with Gasteiger partial charge in [0.05, 0.1) is 27.9 Å². The van der Waals surface area contributed by atoms with Gasteiger partial charge >= 0.3 is 0 Å². The van der Waals surface area contributed by atoms with Gasteiger partial charge < -0.3 is 25.8 Å². The Labute approximate surface area is 270 Å². The van der Waals surface area contributed by atoms with E-state index in [1.807, 2.05) is 41.1 Å². The van der Waals surface area contributed by atoms with Gasteiger partial charge in [-0.25, -0.2) is 13.4 Å². The van der Waals surface area contributed by atoms with Crippen LogP contribution in [0.5, 0.6) is 0 Å². The van der Waals surface area contributed by atoms with Gasteiger partial charge in [-0.3, -0.25) is 14.6 Å². The number of carbonyl (C=O) groups excluding carboxylic acids is 1. The van der Waals surface area contributed by atoms with Gasteiger partial charge in [0.15, 0.2) is 15.7 Å². The number of rotatable bonds is 9. The van der Waals surface area contributed by atoms with Crippen molar-refractivity contribution in [2.75, 3.05) is 69.2 Å². The zero-order chi connectivity index (χ0) is 32.4. The zero-order valence-corrected chi connectivity index (χ0v) is 27.5. The standard InChI is InChI=1S/C33H43N9O3S/c1-23(2)46(44,45)29-10-5-4-9-27(29)36-32-31-28(37-33(34)38-32)13-16-42(31)26-8-6-7-24(21-26)35-30(43)22-40-14-11-25(12-15-40)41-19-17-39(3)18-20-41/h4-10,13,16,21,23,25H,11-12,14-15,17-20,22H2,1-3H3,(H,35,43)(H3,34,36,37,38). The van der Waals surface area contributed by atoms with Gasteiger partial charge in [-0.15, -0.1) is 0 Å². The number of piperazine rings is 1. The number of hydrogen-bond acceptors (Lipinski definition) is 10. The van der Waals surface area contributed by atoms with Crippen LogP contribution in [0.15, 0.2) is 65.7 Å². The Morgan fingerprint density at radius 2 is 1.72 bits per heavy atom. The Morgan fingerprint density at radius 1 is 0.978 bits per heavy atom. The van der Waals surface area contributed by atoms with Crippen molar-refractivity contribution in [2.45, 2.75) is 42.9 Å². The maximum absolute atomic E-state index is 13.1. The van der Waals surface area contributed by atoms with E-state index in [1.165, 1.54) is 0 Å². The molecule has 0 unspecified atom stereocenters. The van der Waals surface area contributed by atoms with Gasteiger partial charge in [0.2, 0.25) is 11.9 Å². The minimum Gasteiger partial charge on any atom is -0.368 e. The SMILES string of the molecule is CC(C)S(=O)(=O)c1ccccc1Nc1nc(N)nc2ccn(-c3cccc(NC(=O)CN4CCC(N5CCN(C)CC5)CC4)c3)c12. The van der Waals surface area contributed by atoms with Crippen molar-refractivity contribution in [1.82, 2.24) is 29.2 Å². The molecule has 0 radical (unpaired) electrons. The molecule has 6 rings (SSSR count). The summed E-state index contributed by atoms with van der Waals surface area (Å²) in [6.45, 7) is 9.99. The summed E-state index contributed by atoms with van der Waals surface area (Å²) in [6, 6.07) is 16.8. The number of hydrogen-bond donors (Lipinski definition) is 3. The third kappa shape index (κ3) is 6.87. The van der Waals surface area contributed by atoms with Gasteiger partial charge in [-0.2, -0.15) is 4.98 Å². The first-order valence-electron chi connectivity index (χ1n) is 15.9. The van der Waals surface area contributed by atoms with Crippen LogP contribution in [0.2, 0.25) is 0 Å². The van der Waals surface area contributed by atoms with Crippen LogP contribution in [-0.4, -0.2) is 108 Å². The first-order chi connectivity index (χ1) is 22.1. The number of nitrogen functional groups attached to an aromatic ring is 1. The second-order valence-corrected chi connectivity index (χ2v) is 15.0. The molecule has 2 aromatic heterocycles. The van der Waals surface area contributed by atoms with E-state index in [0.29, 0.717) is 40.8 Å². The molecular weight excluding hydrogens is 602 g/mol. The third-order valence-electron chi connectivity index (χ3n) is 9.00. The maximum atomic E-state index is 13.1. The average Bonchev–Trinajstić information content (AvgIpc) is 3.46. The number of nitrogens with zero attached hydrogens (tertiary/aromatic N) is 6. The second-order valence-electron chi connectivity index (χ2n) is 12.5. The van der Waals surface area contributed by atoms with Crippen molar-refractivity contribution >= 4 is 49.9 Å². The van der Waals surface area contributed by atoms with E-state index in [0.717, 1.165) is 57.8 Å². The highest BCUT2D eigenvalue weighted by molar-refractivity contribution is 7.92. The Morgan fingerprint density at radius 3 is 2.46 bits per heavy atom. The summed E-state index contributed by atoms with van der Waals surface area (Å²) < 4.78 is 28.1. The van der Waals surface area contributed by atoms with Gasteiger partial charge in [0, 0.05) is 62.9 Å². The Balaban J connectivity index is 1.17. The van der Waals surface area contributed by atoms with Crippen LogP contribution in [0.25, 0.3) is 16.7 Å². The number of likely N-dealkylation sites (N-methyl/N-ethyl adjacent to an activating group) is 1. The fourth-order valence-electron chi connectivity index (χ4n) is 6.33. The van der Waals surface area contributed by atoms with Crippen LogP contribution in [-0.2, 0) is 14.6 Å². The molecule has 2 aliphatic heterocycles. The van der Waals surface area contributed by atoms with Crippen LogP contribution in [0.1, 0.15) is 26.7 Å². The molecule has 0 bridgehead atoms. The van der Waals surface area contributed by atoms with E-state index in [2.05, 4.69) is 42.3 Å². The quantitative estimate of drug-likeness (QED) is 0.247. The Hall–Kier alpha value is -4.04. The first-order valence-corrected chi connectivity index (χ1v) is 17.4. The molecule has 244 valence electrons. The molecule has 2 saturated heterocycles. The number of amides is 1. The second kappa shape index (κ2) is 13.4. The van der Waals surface area contributed by atoms with Crippen LogP contribution >= 0.6 is 0 Å². The summed E-state index contributed by atoms with van der Waals surface area (Å²) in [5, 5.41) is 5.70. The van der Waals surface area contributed by atoms with E-state index in [-0.39, 0.29) is 16.8 Å². The number of nitrogens with one attached hydrogen (secondary N) is 2. The predicted octanol–water partition coefficient (Wildman–Crippen LogP) is 3.58. The molecule has 1 amide bonds. The number of para-hydroxylation sites is 1. The highest BCUT2D eigenvalue weighted by Gasteiger charge is 2.28. The van der Waals surface area contributed by atoms with Gasteiger partial charge in [-0.1, -0.05) is 18.2 Å². The number of likely N-dealkylation sites (tertiary alicyclic amines) is 1. The van der Waals surface area contributed by atoms with E-state index in [9.17, 15) is 13.2 Å². The van der Waals surface area contributed by atoms with Crippen LogP contribution in [0.4, 0.5) is 23.1 Å². The molecule has 0 atom stereocenters. The summed E-state index contributed by atoms with van der Waals surface area (Å²) in [5.74, 6) is 0.382. The molecule has 4 aromatic rings. The van der Waals surface area contributed by atoms with Crippen molar-refractivity contribution in [2.24, 2.45) is 0 Å². The molecule has 0 spiro atoms. The largest absolute Gasteiger partial charge is 0.368 e. The van der Waals surface area contributed by atoms with E-state index >= 15 is 0 Å². The molecule has 4 N–H and O–H groups in total. The average molecular weight is 646 g/mol. The lowest BCUT2D eigenvalue weighted by Crippen LogP contribution is -2.52. The van der Waals surface area contributed by atoms with Gasteiger partial charge in [0.1, 0.15) is 5.52 Å². The molecule has 13 heteroatoms. The molecule has 0 saturated carbocycles. The molecule has 2 aromatic carbocycles. The number of piperidine rings is 1. The lowest BCUT2D eigenvalue weighted by molar-refractivity contribution is -0.117. The number of anilines is 4. The fourth-order valence-corrected chi connectivity index (χ4v) is 7.53. The maximum Gasteiger partial charge on any atom is 0.238 e.